The second-order valence-electron chi connectivity index (χ2n) is 5.93. The Labute approximate surface area is 173 Å². The van der Waals surface area contributed by atoms with Gasteiger partial charge in [-0.2, -0.15) is 5.26 Å². The van der Waals surface area contributed by atoms with Gasteiger partial charge in [0.05, 0.1) is 15.4 Å². The monoisotopic (exact) mass is 423 g/mol. The second-order valence-corrected chi connectivity index (χ2v) is 6.36. The molecule has 10 heteroatoms. The molecule has 0 saturated carbocycles. The van der Waals surface area contributed by atoms with E-state index in [1.807, 2.05) is 0 Å². The molecule has 0 aliphatic heterocycles. The zero-order valence-electron chi connectivity index (χ0n) is 14.9. The number of furan rings is 1. The number of benzene rings is 2. The summed E-state index contributed by atoms with van der Waals surface area (Å²) in [4.78, 5) is 33.4. The summed E-state index contributed by atoms with van der Waals surface area (Å²) >= 11 is 5.80. The second kappa shape index (κ2) is 8.38. The number of nitriles is 1. The minimum absolute atomic E-state index is 0.0304. The number of hydrogen-bond acceptors (Lipinski definition) is 7. The van der Waals surface area contributed by atoms with Gasteiger partial charge in [0.15, 0.2) is 0 Å². The smallest absolute Gasteiger partial charge is 0.281 e. The quantitative estimate of drug-likeness (QED) is 0.174. The number of hydrogen-bond donors (Lipinski definition) is 0. The number of allylic oxidation sites excluding steroid dienone is 1. The molecule has 3 rings (SSSR count). The average Bonchev–Trinajstić information content (AvgIpc) is 3.19. The van der Waals surface area contributed by atoms with Crippen molar-refractivity contribution in [3.05, 3.63) is 96.7 Å². The number of ketones is 1. The maximum absolute atomic E-state index is 12.6. The highest BCUT2D eigenvalue weighted by molar-refractivity contribution is 6.30. The summed E-state index contributed by atoms with van der Waals surface area (Å²) in [5.41, 5.74) is -0.722. The lowest BCUT2D eigenvalue weighted by Crippen LogP contribution is -2.02. The van der Waals surface area contributed by atoms with Crippen molar-refractivity contribution in [1.29, 1.82) is 5.26 Å². The molecular formula is C20H10ClN3O6. The van der Waals surface area contributed by atoms with Crippen LogP contribution in [0.25, 0.3) is 17.4 Å². The average molecular weight is 424 g/mol. The van der Waals surface area contributed by atoms with Crippen LogP contribution >= 0.6 is 11.6 Å². The van der Waals surface area contributed by atoms with E-state index in [-0.39, 0.29) is 44.6 Å². The number of carbonyl (C=O) groups is 1. The third-order valence-electron chi connectivity index (χ3n) is 4.02. The summed E-state index contributed by atoms with van der Waals surface area (Å²) in [6.45, 7) is 0. The summed E-state index contributed by atoms with van der Waals surface area (Å²) in [7, 11) is 0. The van der Waals surface area contributed by atoms with Crippen molar-refractivity contribution in [3.8, 4) is 17.4 Å². The van der Waals surface area contributed by atoms with Crippen molar-refractivity contribution in [2.45, 2.75) is 0 Å². The first kappa shape index (κ1) is 20.4. The third kappa shape index (κ3) is 4.24. The lowest BCUT2D eigenvalue weighted by Gasteiger charge is -2.01. The van der Waals surface area contributed by atoms with E-state index in [4.69, 9.17) is 16.0 Å². The molecule has 148 valence electrons. The molecule has 0 radical (unpaired) electrons. The van der Waals surface area contributed by atoms with Crippen molar-refractivity contribution in [2.75, 3.05) is 0 Å². The first-order valence-corrected chi connectivity index (χ1v) is 8.63. The molecule has 2 aromatic carbocycles. The maximum atomic E-state index is 12.6. The number of halogens is 1. The van der Waals surface area contributed by atoms with Crippen LogP contribution in [-0.4, -0.2) is 15.6 Å². The summed E-state index contributed by atoms with van der Waals surface area (Å²) in [6, 6.07) is 13.7. The summed E-state index contributed by atoms with van der Waals surface area (Å²) in [6.07, 6.45) is 1.16. The molecule has 0 amide bonds. The molecular weight excluding hydrogens is 414 g/mol. The van der Waals surface area contributed by atoms with Gasteiger partial charge in [0.25, 0.3) is 11.4 Å². The number of carbonyl (C=O) groups excluding carboxylic acids is 1. The number of rotatable bonds is 6. The zero-order chi connectivity index (χ0) is 21.8. The SMILES string of the molecule is N#CC(=Cc1ccc(-c2ccc(Cl)cc2[N+](=O)[O-])o1)C(=O)c1cccc([N+](=O)[O-])c1. The first-order chi connectivity index (χ1) is 14.3. The standard InChI is InChI=1S/C20H10ClN3O6/c21-14-4-6-17(18(10-14)24(28)29)19-7-5-16(30-19)9-13(11-22)20(25)12-2-1-3-15(8-12)23(26)27/h1-10H. The highest BCUT2D eigenvalue weighted by Gasteiger charge is 2.20. The van der Waals surface area contributed by atoms with Gasteiger partial charge in [0.1, 0.15) is 23.2 Å². The van der Waals surface area contributed by atoms with Crippen molar-refractivity contribution in [2.24, 2.45) is 0 Å². The molecule has 0 N–H and O–H groups in total. The predicted octanol–water partition coefficient (Wildman–Crippen LogP) is 5.21. The molecule has 1 aromatic heterocycles. The minimum atomic E-state index is -0.725. The summed E-state index contributed by atoms with van der Waals surface area (Å²) in [5.74, 6) is -0.481. The fraction of sp³-hybridized carbons (Fsp3) is 0. The highest BCUT2D eigenvalue weighted by atomic mass is 35.5. The van der Waals surface area contributed by atoms with Gasteiger partial charge in [-0.15, -0.1) is 0 Å². The third-order valence-corrected chi connectivity index (χ3v) is 4.25. The number of nitro benzene ring substituents is 2. The van der Waals surface area contributed by atoms with Crippen LogP contribution in [0.15, 0.2) is 64.6 Å². The van der Waals surface area contributed by atoms with Crippen LogP contribution in [0.2, 0.25) is 5.02 Å². The molecule has 0 aliphatic carbocycles. The molecule has 0 atom stereocenters. The van der Waals surface area contributed by atoms with E-state index in [1.165, 1.54) is 48.5 Å². The molecule has 0 aliphatic rings. The molecule has 0 unspecified atom stereocenters. The lowest BCUT2D eigenvalue weighted by molar-refractivity contribution is -0.384. The minimum Gasteiger partial charge on any atom is -0.456 e. The van der Waals surface area contributed by atoms with Crippen LogP contribution < -0.4 is 0 Å². The number of non-ortho nitro benzene ring substituents is 1. The zero-order valence-corrected chi connectivity index (χ0v) is 15.7. The molecule has 0 saturated heterocycles. The van der Waals surface area contributed by atoms with Crippen LogP contribution in [0.3, 0.4) is 0 Å². The Kier molecular flexibility index (Phi) is 5.71. The van der Waals surface area contributed by atoms with Crippen LogP contribution in [0, 0.1) is 31.6 Å². The fourth-order valence-electron chi connectivity index (χ4n) is 2.65. The van der Waals surface area contributed by atoms with E-state index < -0.39 is 15.6 Å². The molecule has 30 heavy (non-hydrogen) atoms. The number of nitrogens with zero attached hydrogens (tertiary/aromatic N) is 3. The van der Waals surface area contributed by atoms with Crippen LogP contribution in [0.4, 0.5) is 11.4 Å². The Morgan fingerprint density at radius 2 is 1.83 bits per heavy atom. The van der Waals surface area contributed by atoms with Crippen molar-refractivity contribution in [1.82, 2.24) is 0 Å². The Balaban J connectivity index is 1.96. The Morgan fingerprint density at radius 1 is 1.07 bits per heavy atom. The van der Waals surface area contributed by atoms with Gasteiger partial charge < -0.3 is 4.42 Å². The molecule has 0 bridgehead atoms. The first-order valence-electron chi connectivity index (χ1n) is 8.25. The highest BCUT2D eigenvalue weighted by Crippen LogP contribution is 2.33. The summed E-state index contributed by atoms with van der Waals surface area (Å²) in [5, 5.41) is 31.7. The fourth-order valence-corrected chi connectivity index (χ4v) is 2.81. The van der Waals surface area contributed by atoms with Gasteiger partial charge in [-0.05, 0) is 24.3 Å². The predicted molar refractivity (Wildman–Crippen MR) is 107 cm³/mol. The van der Waals surface area contributed by atoms with E-state index >= 15 is 0 Å². The van der Waals surface area contributed by atoms with Gasteiger partial charge in [-0.1, -0.05) is 23.7 Å². The van der Waals surface area contributed by atoms with Crippen LogP contribution in [-0.2, 0) is 0 Å². The molecule has 0 fully saturated rings. The van der Waals surface area contributed by atoms with Crippen molar-refractivity contribution < 1.29 is 19.1 Å². The Morgan fingerprint density at radius 3 is 2.50 bits per heavy atom. The normalized spacial score (nSPS) is 11.0. The largest absolute Gasteiger partial charge is 0.456 e. The molecule has 0 spiro atoms. The topological polar surface area (TPSA) is 140 Å². The number of nitro groups is 2. The molecule has 3 aromatic rings. The van der Waals surface area contributed by atoms with E-state index in [2.05, 4.69) is 0 Å². The van der Waals surface area contributed by atoms with Gasteiger partial charge in [-0.3, -0.25) is 25.0 Å². The van der Waals surface area contributed by atoms with Gasteiger partial charge >= 0.3 is 0 Å². The van der Waals surface area contributed by atoms with Gasteiger partial charge in [-0.25, -0.2) is 0 Å². The lowest BCUT2D eigenvalue weighted by atomic mass is 10.0. The van der Waals surface area contributed by atoms with Crippen molar-refractivity contribution in [3.63, 3.8) is 0 Å². The van der Waals surface area contributed by atoms with E-state index in [0.717, 1.165) is 12.1 Å². The Bertz CT molecular complexity index is 1260. The summed E-state index contributed by atoms with van der Waals surface area (Å²) < 4.78 is 5.55. The maximum Gasteiger partial charge on any atom is 0.281 e. The van der Waals surface area contributed by atoms with Gasteiger partial charge in [0, 0.05) is 34.9 Å². The van der Waals surface area contributed by atoms with Gasteiger partial charge in [0.2, 0.25) is 5.78 Å². The Hall–Kier alpha value is -4.29. The number of Topliss-reactive ketones (excluding diaryl/α,β-unsaturated/α-hetero) is 1. The molecule has 9 nitrogen and oxygen atoms in total. The van der Waals surface area contributed by atoms with E-state index in [9.17, 15) is 30.3 Å². The van der Waals surface area contributed by atoms with Crippen LogP contribution in [0.1, 0.15) is 16.1 Å². The van der Waals surface area contributed by atoms with Crippen molar-refractivity contribution >= 4 is 34.8 Å². The molecule has 1 heterocycles. The van der Waals surface area contributed by atoms with E-state index in [0.29, 0.717) is 0 Å². The van der Waals surface area contributed by atoms with E-state index in [1.54, 1.807) is 6.07 Å². The van der Waals surface area contributed by atoms with Crippen LogP contribution in [0.5, 0.6) is 0 Å².